The molecule has 2 aliphatic rings. The summed E-state index contributed by atoms with van der Waals surface area (Å²) < 4.78 is 29.1. The van der Waals surface area contributed by atoms with Gasteiger partial charge < -0.3 is 0 Å². The van der Waals surface area contributed by atoms with Gasteiger partial charge in [-0.15, -0.1) is 6.58 Å². The highest BCUT2D eigenvalue weighted by Gasteiger charge is 2.31. The van der Waals surface area contributed by atoms with Gasteiger partial charge in [-0.2, -0.15) is 0 Å². The molecule has 2 aromatic rings. The van der Waals surface area contributed by atoms with Crippen LogP contribution < -0.4 is 0 Å². The molecule has 2 aromatic carbocycles. The molecule has 0 heterocycles. The molecule has 2 fully saturated rings. The summed E-state index contributed by atoms with van der Waals surface area (Å²) in [5, 5.41) is 0. The van der Waals surface area contributed by atoms with Crippen molar-refractivity contribution in [1.82, 2.24) is 0 Å². The van der Waals surface area contributed by atoms with Crippen LogP contribution in [0.5, 0.6) is 0 Å². The molecular formula is C35H48F2. The van der Waals surface area contributed by atoms with Gasteiger partial charge in [-0.3, -0.25) is 0 Å². The van der Waals surface area contributed by atoms with E-state index in [0.717, 1.165) is 43.4 Å². The van der Waals surface area contributed by atoms with Crippen LogP contribution in [0.2, 0.25) is 0 Å². The standard InChI is InChI=1S/C35H48F2/c1-3-5-7-9-32-24-25-33(35(37)34(32)36)19-14-27-12-17-29(18-13-27)31-22-20-30(21-23-31)28-15-10-26(11-16-28)8-6-4-2/h4,12-13,17-18,24-26,28,30-31H,2-3,5-11,14-16,19-23H2,1H3. The van der Waals surface area contributed by atoms with Crippen molar-refractivity contribution in [2.24, 2.45) is 17.8 Å². The van der Waals surface area contributed by atoms with E-state index in [9.17, 15) is 8.78 Å². The summed E-state index contributed by atoms with van der Waals surface area (Å²) in [5.74, 6) is 2.23. The molecule has 0 nitrogen and oxygen atoms in total. The summed E-state index contributed by atoms with van der Waals surface area (Å²) in [6.45, 7) is 6.00. The van der Waals surface area contributed by atoms with Crippen LogP contribution in [-0.4, -0.2) is 0 Å². The molecule has 2 heteroatoms. The number of hydrogen-bond donors (Lipinski definition) is 0. The molecular weight excluding hydrogens is 458 g/mol. The van der Waals surface area contributed by atoms with E-state index in [1.165, 1.54) is 75.3 Å². The zero-order chi connectivity index (χ0) is 26.0. The molecule has 0 spiro atoms. The Morgan fingerprint density at radius 1 is 0.730 bits per heavy atom. The summed E-state index contributed by atoms with van der Waals surface area (Å²) in [7, 11) is 0. The number of halogens is 2. The second-order valence-corrected chi connectivity index (χ2v) is 12.0. The molecule has 4 rings (SSSR count). The zero-order valence-electron chi connectivity index (χ0n) is 23.1. The third-order valence-electron chi connectivity index (χ3n) is 9.54. The van der Waals surface area contributed by atoms with E-state index in [-0.39, 0.29) is 0 Å². The van der Waals surface area contributed by atoms with Crippen molar-refractivity contribution in [3.05, 3.63) is 82.9 Å². The van der Waals surface area contributed by atoms with E-state index in [0.29, 0.717) is 29.9 Å². The van der Waals surface area contributed by atoms with Crippen LogP contribution in [0.15, 0.2) is 49.1 Å². The van der Waals surface area contributed by atoms with Crippen molar-refractivity contribution in [3.8, 4) is 0 Å². The highest BCUT2D eigenvalue weighted by Crippen LogP contribution is 2.44. The zero-order valence-corrected chi connectivity index (χ0v) is 23.1. The molecule has 0 aromatic heterocycles. The summed E-state index contributed by atoms with van der Waals surface area (Å²) in [5.41, 5.74) is 3.68. The van der Waals surface area contributed by atoms with Crippen LogP contribution in [0, 0.1) is 29.4 Å². The Labute approximate surface area is 225 Å². The van der Waals surface area contributed by atoms with Crippen LogP contribution in [0.1, 0.15) is 119 Å². The van der Waals surface area contributed by atoms with Gasteiger partial charge in [-0.25, -0.2) is 8.78 Å². The number of aryl methyl sites for hydroxylation is 3. The molecule has 202 valence electrons. The first-order chi connectivity index (χ1) is 18.1. The Bertz CT molecular complexity index is 960. The van der Waals surface area contributed by atoms with Gasteiger partial charge in [-0.1, -0.05) is 75.1 Å². The van der Waals surface area contributed by atoms with Crippen molar-refractivity contribution in [1.29, 1.82) is 0 Å². The lowest BCUT2D eigenvalue weighted by Crippen LogP contribution is -2.25. The molecule has 0 aliphatic heterocycles. The molecule has 0 atom stereocenters. The van der Waals surface area contributed by atoms with Gasteiger partial charge >= 0.3 is 0 Å². The van der Waals surface area contributed by atoms with Crippen LogP contribution in [-0.2, 0) is 19.3 Å². The largest absolute Gasteiger partial charge is 0.203 e. The molecule has 2 saturated carbocycles. The van der Waals surface area contributed by atoms with Gasteiger partial charge in [0, 0.05) is 0 Å². The molecule has 0 amide bonds. The predicted octanol–water partition coefficient (Wildman–Crippen LogP) is 10.5. The second kappa shape index (κ2) is 14.3. The maximum atomic E-state index is 14.6. The number of rotatable bonds is 12. The van der Waals surface area contributed by atoms with Gasteiger partial charge in [-0.05, 0) is 123 Å². The number of benzene rings is 2. The van der Waals surface area contributed by atoms with Gasteiger partial charge in [0.15, 0.2) is 11.6 Å². The SMILES string of the molecule is C=CCCC1CCC(C2CCC(c3ccc(CCc4ccc(CCCCC)c(F)c4F)cc3)CC2)CC1. The first-order valence-corrected chi connectivity index (χ1v) is 15.2. The Hall–Kier alpha value is -1.96. The third-order valence-corrected chi connectivity index (χ3v) is 9.54. The van der Waals surface area contributed by atoms with Crippen LogP contribution in [0.3, 0.4) is 0 Å². The van der Waals surface area contributed by atoms with E-state index >= 15 is 0 Å². The first-order valence-electron chi connectivity index (χ1n) is 15.2. The van der Waals surface area contributed by atoms with E-state index in [2.05, 4.69) is 43.8 Å². The van der Waals surface area contributed by atoms with Gasteiger partial charge in [0.1, 0.15) is 0 Å². The average molecular weight is 507 g/mol. The van der Waals surface area contributed by atoms with E-state index < -0.39 is 11.6 Å². The summed E-state index contributed by atoms with van der Waals surface area (Å²) in [6, 6.07) is 12.6. The Kier molecular flexibility index (Phi) is 10.8. The molecule has 0 saturated heterocycles. The van der Waals surface area contributed by atoms with E-state index in [1.54, 1.807) is 12.1 Å². The molecule has 0 unspecified atom stereocenters. The first kappa shape index (κ1) is 28.1. The van der Waals surface area contributed by atoms with Crippen LogP contribution >= 0.6 is 0 Å². The lowest BCUT2D eigenvalue weighted by Gasteiger charge is -2.38. The second-order valence-electron chi connectivity index (χ2n) is 12.0. The highest BCUT2D eigenvalue weighted by molar-refractivity contribution is 5.30. The lowest BCUT2D eigenvalue weighted by molar-refractivity contribution is 0.157. The molecule has 37 heavy (non-hydrogen) atoms. The lowest BCUT2D eigenvalue weighted by atomic mass is 9.68. The Morgan fingerprint density at radius 2 is 1.32 bits per heavy atom. The van der Waals surface area contributed by atoms with Gasteiger partial charge in [0.25, 0.3) is 0 Å². The van der Waals surface area contributed by atoms with Crippen LogP contribution in [0.4, 0.5) is 8.78 Å². The van der Waals surface area contributed by atoms with Crippen molar-refractivity contribution < 1.29 is 8.78 Å². The van der Waals surface area contributed by atoms with Gasteiger partial charge in [0.2, 0.25) is 0 Å². The Morgan fingerprint density at radius 3 is 1.92 bits per heavy atom. The quantitative estimate of drug-likeness (QED) is 0.198. The summed E-state index contributed by atoms with van der Waals surface area (Å²) in [4.78, 5) is 0. The van der Waals surface area contributed by atoms with Crippen molar-refractivity contribution >= 4 is 0 Å². The number of unbranched alkanes of at least 4 members (excludes halogenated alkanes) is 2. The maximum Gasteiger partial charge on any atom is 0.162 e. The topological polar surface area (TPSA) is 0 Å². The molecule has 0 bridgehead atoms. The molecule has 2 aliphatic carbocycles. The maximum absolute atomic E-state index is 14.6. The van der Waals surface area contributed by atoms with Crippen molar-refractivity contribution in [3.63, 3.8) is 0 Å². The van der Waals surface area contributed by atoms with Crippen molar-refractivity contribution in [2.45, 2.75) is 116 Å². The summed E-state index contributed by atoms with van der Waals surface area (Å²) >= 11 is 0. The summed E-state index contributed by atoms with van der Waals surface area (Å²) in [6.07, 6.45) is 20.7. The fraction of sp³-hybridized carbons (Fsp3) is 0.600. The third kappa shape index (κ3) is 7.78. The minimum Gasteiger partial charge on any atom is -0.203 e. The fourth-order valence-corrected chi connectivity index (χ4v) is 7.04. The van der Waals surface area contributed by atoms with Crippen molar-refractivity contribution in [2.75, 3.05) is 0 Å². The normalized spacial score (nSPS) is 24.2. The number of hydrogen-bond acceptors (Lipinski definition) is 0. The molecule has 0 N–H and O–H groups in total. The monoisotopic (exact) mass is 506 g/mol. The number of allylic oxidation sites excluding steroid dienone is 1. The molecule has 0 radical (unpaired) electrons. The van der Waals surface area contributed by atoms with E-state index in [4.69, 9.17) is 0 Å². The van der Waals surface area contributed by atoms with Crippen LogP contribution in [0.25, 0.3) is 0 Å². The minimum absolute atomic E-state index is 0.494. The highest BCUT2D eigenvalue weighted by atomic mass is 19.2. The fourth-order valence-electron chi connectivity index (χ4n) is 7.04. The predicted molar refractivity (Wildman–Crippen MR) is 153 cm³/mol. The Balaban J connectivity index is 1.22. The van der Waals surface area contributed by atoms with Gasteiger partial charge in [0.05, 0.1) is 0 Å². The smallest absolute Gasteiger partial charge is 0.162 e. The van der Waals surface area contributed by atoms with E-state index in [1.807, 2.05) is 0 Å². The average Bonchev–Trinajstić information content (AvgIpc) is 2.94. The minimum atomic E-state index is -0.646.